The Morgan fingerprint density at radius 3 is 1.90 bits per heavy atom. The molecule has 0 aliphatic carbocycles. The zero-order valence-corrected chi connectivity index (χ0v) is 11.2. The predicted molar refractivity (Wildman–Crippen MR) is 66.9 cm³/mol. The van der Waals surface area contributed by atoms with Crippen molar-refractivity contribution in [3.8, 4) is 11.5 Å². The quantitative estimate of drug-likeness (QED) is 0.467. The fourth-order valence-electron chi connectivity index (χ4n) is 1.70. The van der Waals surface area contributed by atoms with Crippen LogP contribution in [-0.4, -0.2) is 36.2 Å². The van der Waals surface area contributed by atoms with Gasteiger partial charge in [0.15, 0.2) is 0 Å². The molecular weight excluding hydrogens is 312 g/mol. The Hall–Kier alpha value is -1.88. The molecule has 0 amide bonds. The second-order valence-electron chi connectivity index (χ2n) is 3.90. The van der Waals surface area contributed by atoms with E-state index in [9.17, 15) is 27.0 Å². The summed E-state index contributed by atoms with van der Waals surface area (Å²) in [6.07, 6.45) is 0. The van der Waals surface area contributed by atoms with Gasteiger partial charge in [-0.25, -0.2) is 0 Å². The van der Waals surface area contributed by atoms with E-state index in [2.05, 4.69) is 0 Å². The molecule has 2 aromatic carbocycles. The molecule has 0 unspecified atom stereocenters. The molecule has 108 valence electrons. The highest BCUT2D eigenvalue weighted by Gasteiger charge is 2.21. The van der Waals surface area contributed by atoms with Crippen LogP contribution in [0.15, 0.2) is 34.1 Å². The minimum absolute atomic E-state index is 0.204. The molecule has 4 N–H and O–H groups in total. The summed E-state index contributed by atoms with van der Waals surface area (Å²) in [6, 6.07) is 3.32. The van der Waals surface area contributed by atoms with Crippen LogP contribution < -0.4 is 0 Å². The molecule has 0 saturated carbocycles. The van der Waals surface area contributed by atoms with E-state index >= 15 is 0 Å². The summed E-state index contributed by atoms with van der Waals surface area (Å²) < 4.78 is 61.8. The van der Waals surface area contributed by atoms with Crippen LogP contribution >= 0.6 is 0 Å². The highest BCUT2D eigenvalue weighted by molar-refractivity contribution is 7.86. The van der Waals surface area contributed by atoms with Crippen molar-refractivity contribution in [3.63, 3.8) is 0 Å². The van der Waals surface area contributed by atoms with E-state index in [-0.39, 0.29) is 10.8 Å². The number of phenols is 2. The van der Waals surface area contributed by atoms with Crippen LogP contribution in [0.2, 0.25) is 0 Å². The van der Waals surface area contributed by atoms with E-state index in [1.54, 1.807) is 0 Å². The molecule has 0 spiro atoms. The average molecular weight is 320 g/mol. The fourth-order valence-corrected chi connectivity index (χ4v) is 2.82. The summed E-state index contributed by atoms with van der Waals surface area (Å²) in [7, 11) is -9.29. The van der Waals surface area contributed by atoms with Gasteiger partial charge in [-0.15, -0.1) is 0 Å². The molecule has 0 aromatic heterocycles. The number of phenolic OH excluding ortho intramolecular Hbond substituents is 2. The first-order valence-electron chi connectivity index (χ1n) is 4.95. The Labute approximate surface area is 113 Å². The molecule has 0 aliphatic heterocycles. The molecular formula is C10H8O8S2. The lowest BCUT2D eigenvalue weighted by Crippen LogP contribution is -2.00. The number of aromatic hydroxyl groups is 2. The smallest absolute Gasteiger partial charge is 0.298 e. The summed E-state index contributed by atoms with van der Waals surface area (Å²) in [5, 5.41) is 19.0. The molecule has 0 atom stereocenters. The lowest BCUT2D eigenvalue weighted by atomic mass is 10.1. The van der Waals surface area contributed by atoms with Crippen LogP contribution in [0.25, 0.3) is 10.8 Å². The van der Waals surface area contributed by atoms with Gasteiger partial charge in [0, 0.05) is 16.8 Å². The van der Waals surface area contributed by atoms with Crippen LogP contribution in [0, 0.1) is 0 Å². The Bertz CT molecular complexity index is 912. The van der Waals surface area contributed by atoms with Gasteiger partial charge >= 0.3 is 0 Å². The van der Waals surface area contributed by atoms with Gasteiger partial charge in [0.1, 0.15) is 16.4 Å². The van der Waals surface area contributed by atoms with Crippen molar-refractivity contribution in [2.75, 3.05) is 0 Å². The first kappa shape index (κ1) is 14.5. The molecule has 0 fully saturated rings. The lowest BCUT2D eigenvalue weighted by molar-refractivity contribution is 0.440. The van der Waals surface area contributed by atoms with Gasteiger partial charge in [-0.05, 0) is 18.2 Å². The second-order valence-corrected chi connectivity index (χ2v) is 6.71. The number of fused-ring (bicyclic) bond motifs is 1. The van der Waals surface area contributed by atoms with Crippen molar-refractivity contribution in [3.05, 3.63) is 24.3 Å². The molecule has 8 nitrogen and oxygen atoms in total. The summed E-state index contributed by atoms with van der Waals surface area (Å²) in [5.41, 5.74) is 0. The van der Waals surface area contributed by atoms with Crippen LogP contribution in [0.4, 0.5) is 0 Å². The van der Waals surface area contributed by atoms with Gasteiger partial charge in [0.05, 0.1) is 4.90 Å². The third kappa shape index (κ3) is 2.41. The van der Waals surface area contributed by atoms with Crippen molar-refractivity contribution < 1.29 is 36.2 Å². The van der Waals surface area contributed by atoms with E-state index < -0.39 is 41.5 Å². The Morgan fingerprint density at radius 2 is 1.40 bits per heavy atom. The Balaban J connectivity index is 2.93. The largest absolute Gasteiger partial charge is 0.507 e. The SMILES string of the molecule is O=S(=O)(O)c1ccc2c(O)c(S(=O)(=O)O)cc(O)c2c1. The maximum Gasteiger partial charge on any atom is 0.298 e. The van der Waals surface area contributed by atoms with Gasteiger partial charge in [-0.2, -0.15) is 16.8 Å². The molecule has 2 aromatic rings. The standard InChI is InChI=1S/C10H8O8S2/c11-8-4-9(20(16,17)18)10(12)6-2-1-5(3-7(6)8)19(13,14)15/h1-4,11-12H,(H,13,14,15)(H,16,17,18). The van der Waals surface area contributed by atoms with E-state index in [1.165, 1.54) is 0 Å². The normalized spacial score (nSPS) is 12.7. The minimum atomic E-state index is -4.76. The molecule has 0 saturated heterocycles. The summed E-state index contributed by atoms with van der Waals surface area (Å²) in [4.78, 5) is -1.46. The summed E-state index contributed by atoms with van der Waals surface area (Å²) >= 11 is 0. The Morgan fingerprint density at radius 1 is 0.800 bits per heavy atom. The van der Waals surface area contributed by atoms with Crippen LogP contribution in [0.5, 0.6) is 11.5 Å². The van der Waals surface area contributed by atoms with Gasteiger partial charge in [0.25, 0.3) is 20.2 Å². The third-order valence-corrected chi connectivity index (χ3v) is 4.32. The maximum atomic E-state index is 11.0. The molecule has 0 aliphatic rings. The number of benzene rings is 2. The number of hydrogen-bond donors (Lipinski definition) is 4. The highest BCUT2D eigenvalue weighted by Crippen LogP contribution is 2.38. The van der Waals surface area contributed by atoms with Crippen LogP contribution in [0.1, 0.15) is 0 Å². The minimum Gasteiger partial charge on any atom is -0.507 e. The first-order chi connectivity index (χ1) is 9.01. The molecule has 0 radical (unpaired) electrons. The number of hydrogen-bond acceptors (Lipinski definition) is 6. The van der Waals surface area contributed by atoms with E-state index in [0.29, 0.717) is 6.07 Å². The summed E-state index contributed by atoms with van der Waals surface area (Å²) in [6.45, 7) is 0. The average Bonchev–Trinajstić information content (AvgIpc) is 2.30. The van der Waals surface area contributed by atoms with E-state index in [4.69, 9.17) is 9.11 Å². The third-order valence-electron chi connectivity index (χ3n) is 2.60. The highest BCUT2D eigenvalue weighted by atomic mass is 32.2. The molecule has 2 rings (SSSR count). The molecule has 10 heteroatoms. The molecule has 0 bridgehead atoms. The monoisotopic (exact) mass is 320 g/mol. The van der Waals surface area contributed by atoms with Gasteiger partial charge in [0.2, 0.25) is 0 Å². The fraction of sp³-hybridized carbons (Fsp3) is 0. The second kappa shape index (κ2) is 4.31. The molecule has 20 heavy (non-hydrogen) atoms. The van der Waals surface area contributed by atoms with Crippen molar-refractivity contribution in [1.29, 1.82) is 0 Å². The van der Waals surface area contributed by atoms with Crippen molar-refractivity contribution in [1.82, 2.24) is 0 Å². The predicted octanol–water partition coefficient (Wildman–Crippen LogP) is 0.744. The van der Waals surface area contributed by atoms with E-state index in [1.807, 2.05) is 0 Å². The van der Waals surface area contributed by atoms with Crippen LogP contribution in [0.3, 0.4) is 0 Å². The van der Waals surface area contributed by atoms with Crippen molar-refractivity contribution in [2.45, 2.75) is 9.79 Å². The maximum absolute atomic E-state index is 11.0. The summed E-state index contributed by atoms with van der Waals surface area (Å²) in [5.74, 6) is -1.53. The topological polar surface area (TPSA) is 149 Å². The van der Waals surface area contributed by atoms with Gasteiger partial charge < -0.3 is 10.2 Å². The zero-order valence-electron chi connectivity index (χ0n) is 9.55. The van der Waals surface area contributed by atoms with Crippen molar-refractivity contribution in [2.24, 2.45) is 0 Å². The first-order valence-corrected chi connectivity index (χ1v) is 7.83. The molecule has 0 heterocycles. The zero-order chi connectivity index (χ0) is 15.3. The van der Waals surface area contributed by atoms with Gasteiger partial charge in [-0.1, -0.05) is 0 Å². The lowest BCUT2D eigenvalue weighted by Gasteiger charge is -2.08. The van der Waals surface area contributed by atoms with Gasteiger partial charge in [-0.3, -0.25) is 9.11 Å². The van der Waals surface area contributed by atoms with E-state index in [0.717, 1.165) is 18.2 Å². The Kier molecular flexibility index (Phi) is 3.13. The van der Waals surface area contributed by atoms with Crippen LogP contribution in [-0.2, 0) is 20.2 Å². The number of rotatable bonds is 2. The van der Waals surface area contributed by atoms with Crippen molar-refractivity contribution >= 4 is 31.0 Å².